The molecule has 0 aliphatic rings. The van der Waals surface area contributed by atoms with Crippen molar-refractivity contribution in [3.63, 3.8) is 0 Å². The minimum absolute atomic E-state index is 0.231. The van der Waals surface area contributed by atoms with Crippen molar-refractivity contribution in [1.82, 2.24) is 4.98 Å². The Morgan fingerprint density at radius 3 is 2.83 bits per heavy atom. The molecule has 0 fully saturated rings. The van der Waals surface area contributed by atoms with E-state index in [9.17, 15) is 4.79 Å². The Kier molecular flexibility index (Phi) is 2.94. The molecule has 3 nitrogen and oxygen atoms in total. The summed E-state index contributed by atoms with van der Waals surface area (Å²) in [6.07, 6.45) is 1.84. The van der Waals surface area contributed by atoms with E-state index in [4.69, 9.17) is 17.3 Å². The molecule has 0 bridgehead atoms. The maximum atomic E-state index is 10.8. The van der Waals surface area contributed by atoms with Gasteiger partial charge < -0.3 is 5.73 Å². The Morgan fingerprint density at radius 1 is 1.67 bits per heavy atom. The van der Waals surface area contributed by atoms with Crippen molar-refractivity contribution in [3.05, 3.63) is 23.0 Å². The van der Waals surface area contributed by atoms with E-state index >= 15 is 0 Å². The van der Waals surface area contributed by atoms with Crippen LogP contribution < -0.4 is 5.73 Å². The largest absolute Gasteiger partial charge is 0.364 e. The number of carbonyl (C=O) groups excluding carboxylic acids is 1. The predicted molar refractivity (Wildman–Crippen MR) is 49.5 cm³/mol. The van der Waals surface area contributed by atoms with E-state index in [1.807, 2.05) is 6.26 Å². The maximum Gasteiger partial charge on any atom is 0.268 e. The third-order valence-corrected chi connectivity index (χ3v) is 2.26. The van der Waals surface area contributed by atoms with Crippen LogP contribution in [0.15, 0.2) is 17.0 Å². The van der Waals surface area contributed by atoms with E-state index < -0.39 is 5.91 Å². The van der Waals surface area contributed by atoms with Gasteiger partial charge >= 0.3 is 0 Å². The first-order valence-electron chi connectivity index (χ1n) is 3.15. The highest BCUT2D eigenvalue weighted by atomic mass is 35.5. The average molecular weight is 203 g/mol. The molecular weight excluding hydrogens is 196 g/mol. The second-order valence-corrected chi connectivity index (χ2v) is 3.28. The van der Waals surface area contributed by atoms with E-state index in [2.05, 4.69) is 4.98 Å². The van der Waals surface area contributed by atoms with Crippen molar-refractivity contribution in [1.29, 1.82) is 0 Å². The van der Waals surface area contributed by atoms with Crippen LogP contribution in [0.2, 0.25) is 5.15 Å². The molecule has 0 radical (unpaired) electrons. The SMILES string of the molecule is CSc1ccc(Cl)nc1C(N)=O. The maximum absolute atomic E-state index is 10.8. The summed E-state index contributed by atoms with van der Waals surface area (Å²) < 4.78 is 0. The second-order valence-electron chi connectivity index (χ2n) is 2.05. The lowest BCUT2D eigenvalue weighted by atomic mass is 10.3. The Balaban J connectivity index is 3.21. The first-order valence-corrected chi connectivity index (χ1v) is 4.75. The molecule has 0 unspecified atom stereocenters. The summed E-state index contributed by atoms with van der Waals surface area (Å²) >= 11 is 7.00. The zero-order chi connectivity index (χ0) is 9.14. The van der Waals surface area contributed by atoms with Crippen LogP contribution in [0.4, 0.5) is 0 Å². The third-order valence-electron chi connectivity index (χ3n) is 1.28. The van der Waals surface area contributed by atoms with Crippen LogP contribution in [0.5, 0.6) is 0 Å². The van der Waals surface area contributed by atoms with Gasteiger partial charge in [0, 0.05) is 4.90 Å². The minimum Gasteiger partial charge on any atom is -0.364 e. The number of thioether (sulfide) groups is 1. The van der Waals surface area contributed by atoms with Crippen LogP contribution in [0.1, 0.15) is 10.5 Å². The predicted octanol–water partition coefficient (Wildman–Crippen LogP) is 1.56. The lowest BCUT2D eigenvalue weighted by Gasteiger charge is -2.01. The van der Waals surface area contributed by atoms with Gasteiger partial charge in [-0.2, -0.15) is 0 Å². The topological polar surface area (TPSA) is 56.0 Å². The molecule has 1 amide bonds. The number of amides is 1. The summed E-state index contributed by atoms with van der Waals surface area (Å²) in [6, 6.07) is 3.35. The fraction of sp³-hybridized carbons (Fsp3) is 0.143. The molecule has 0 aliphatic heterocycles. The van der Waals surface area contributed by atoms with Crippen LogP contribution in [-0.4, -0.2) is 17.1 Å². The molecule has 0 spiro atoms. The van der Waals surface area contributed by atoms with E-state index in [0.717, 1.165) is 4.90 Å². The van der Waals surface area contributed by atoms with Gasteiger partial charge in [-0.3, -0.25) is 4.79 Å². The lowest BCUT2D eigenvalue weighted by Crippen LogP contribution is -2.14. The number of rotatable bonds is 2. The van der Waals surface area contributed by atoms with Gasteiger partial charge in [-0.05, 0) is 18.4 Å². The van der Waals surface area contributed by atoms with Crippen LogP contribution in [0, 0.1) is 0 Å². The molecule has 1 aromatic rings. The van der Waals surface area contributed by atoms with Crippen LogP contribution >= 0.6 is 23.4 Å². The summed E-state index contributed by atoms with van der Waals surface area (Å²) in [5.41, 5.74) is 5.32. The molecule has 0 aliphatic carbocycles. The van der Waals surface area contributed by atoms with Gasteiger partial charge in [-0.25, -0.2) is 4.98 Å². The molecule has 0 saturated carbocycles. The molecule has 1 aromatic heterocycles. The summed E-state index contributed by atoms with van der Waals surface area (Å²) in [7, 11) is 0. The average Bonchev–Trinajstić information content (AvgIpc) is 2.04. The Bertz CT molecular complexity index is 316. The molecule has 1 rings (SSSR count). The molecule has 0 aromatic carbocycles. The zero-order valence-electron chi connectivity index (χ0n) is 6.37. The van der Waals surface area contributed by atoms with Gasteiger partial charge in [0.2, 0.25) is 0 Å². The van der Waals surface area contributed by atoms with E-state index in [-0.39, 0.29) is 10.8 Å². The molecule has 5 heteroatoms. The zero-order valence-corrected chi connectivity index (χ0v) is 7.95. The molecule has 0 saturated heterocycles. The number of primary amides is 1. The van der Waals surface area contributed by atoms with Gasteiger partial charge in [0.25, 0.3) is 5.91 Å². The highest BCUT2D eigenvalue weighted by molar-refractivity contribution is 7.98. The van der Waals surface area contributed by atoms with Crippen molar-refractivity contribution in [2.75, 3.05) is 6.26 Å². The van der Waals surface area contributed by atoms with Crippen molar-refractivity contribution in [2.45, 2.75) is 4.90 Å². The second kappa shape index (κ2) is 3.78. The van der Waals surface area contributed by atoms with Gasteiger partial charge in [-0.15, -0.1) is 11.8 Å². The summed E-state index contributed by atoms with van der Waals surface area (Å²) in [4.78, 5) is 15.4. The number of carbonyl (C=O) groups is 1. The summed E-state index contributed by atoms with van der Waals surface area (Å²) in [5.74, 6) is -0.554. The van der Waals surface area contributed by atoms with Gasteiger partial charge in [0.15, 0.2) is 0 Å². The van der Waals surface area contributed by atoms with Crippen LogP contribution in [0.3, 0.4) is 0 Å². The number of hydrogen-bond acceptors (Lipinski definition) is 3. The first kappa shape index (κ1) is 9.35. The van der Waals surface area contributed by atoms with Crippen LogP contribution in [0.25, 0.3) is 0 Å². The van der Waals surface area contributed by atoms with Crippen molar-refractivity contribution >= 4 is 29.3 Å². The van der Waals surface area contributed by atoms with E-state index in [0.29, 0.717) is 0 Å². The van der Waals surface area contributed by atoms with Crippen molar-refractivity contribution in [2.24, 2.45) is 5.73 Å². The lowest BCUT2D eigenvalue weighted by molar-refractivity contribution is 0.0992. The minimum atomic E-state index is -0.554. The summed E-state index contributed by atoms with van der Waals surface area (Å²) in [5, 5.41) is 0.279. The van der Waals surface area contributed by atoms with Gasteiger partial charge in [0.1, 0.15) is 10.8 Å². The van der Waals surface area contributed by atoms with Crippen LogP contribution in [-0.2, 0) is 0 Å². The smallest absolute Gasteiger partial charge is 0.268 e. The number of nitrogens with zero attached hydrogens (tertiary/aromatic N) is 1. The van der Waals surface area contributed by atoms with E-state index in [1.54, 1.807) is 12.1 Å². The highest BCUT2D eigenvalue weighted by Gasteiger charge is 2.09. The Hall–Kier alpha value is -0.740. The molecular formula is C7H7ClN2OS. The van der Waals surface area contributed by atoms with Crippen molar-refractivity contribution < 1.29 is 4.79 Å². The molecule has 1 heterocycles. The Morgan fingerprint density at radius 2 is 2.33 bits per heavy atom. The first-order chi connectivity index (χ1) is 5.65. The number of pyridine rings is 1. The number of hydrogen-bond donors (Lipinski definition) is 1. The summed E-state index contributed by atoms with van der Waals surface area (Å²) in [6.45, 7) is 0. The highest BCUT2D eigenvalue weighted by Crippen LogP contribution is 2.20. The number of halogens is 1. The van der Waals surface area contributed by atoms with Gasteiger partial charge in [-0.1, -0.05) is 11.6 Å². The molecule has 64 valence electrons. The van der Waals surface area contributed by atoms with E-state index in [1.165, 1.54) is 11.8 Å². The van der Waals surface area contributed by atoms with Crippen molar-refractivity contribution in [3.8, 4) is 0 Å². The molecule has 12 heavy (non-hydrogen) atoms. The number of nitrogens with two attached hydrogens (primary N) is 1. The molecule has 0 atom stereocenters. The fourth-order valence-electron chi connectivity index (χ4n) is 0.764. The number of aromatic nitrogens is 1. The Labute approximate surface area is 79.3 Å². The normalized spacial score (nSPS) is 9.83. The third kappa shape index (κ3) is 1.89. The monoisotopic (exact) mass is 202 g/mol. The standard InChI is InChI=1S/C7H7ClN2OS/c1-12-4-2-3-5(8)10-6(4)7(9)11/h2-3H,1H3,(H2,9,11). The fourth-order valence-corrected chi connectivity index (χ4v) is 1.46. The molecule has 2 N–H and O–H groups in total. The van der Waals surface area contributed by atoms with Gasteiger partial charge in [0.05, 0.1) is 0 Å². The quantitative estimate of drug-likeness (QED) is 0.585.